The summed E-state index contributed by atoms with van der Waals surface area (Å²) in [4.78, 5) is 15.1. The third-order valence-corrected chi connectivity index (χ3v) is 6.08. The Bertz CT molecular complexity index is 413. The van der Waals surface area contributed by atoms with Crippen molar-refractivity contribution in [3.8, 4) is 0 Å². The van der Waals surface area contributed by atoms with E-state index in [1.807, 2.05) is 20.8 Å². The molecular weight excluding hydrogens is 290 g/mol. The van der Waals surface area contributed by atoms with Crippen LogP contribution in [0.1, 0.15) is 59.8 Å². The molecule has 3 atom stereocenters. The Kier molecular flexibility index (Phi) is 6.09. The number of ether oxygens (including phenoxy) is 1. The number of carbonyl (C=O) groups excluding carboxylic acids is 1. The largest absolute Gasteiger partial charge is 0.378 e. The maximum absolute atomic E-state index is 12.5. The highest BCUT2D eigenvalue weighted by Gasteiger charge is 2.62. The van der Waals surface area contributed by atoms with Crippen LogP contribution < -0.4 is 11.1 Å². The van der Waals surface area contributed by atoms with Gasteiger partial charge in [0.05, 0.1) is 6.10 Å². The lowest BCUT2D eigenvalue weighted by molar-refractivity contribution is -0.170. The Morgan fingerprint density at radius 1 is 1.39 bits per heavy atom. The van der Waals surface area contributed by atoms with Crippen molar-refractivity contribution < 1.29 is 9.53 Å². The van der Waals surface area contributed by atoms with Crippen LogP contribution in [-0.2, 0) is 9.53 Å². The van der Waals surface area contributed by atoms with Crippen molar-refractivity contribution in [3.63, 3.8) is 0 Å². The van der Waals surface area contributed by atoms with E-state index in [-0.39, 0.29) is 17.4 Å². The summed E-state index contributed by atoms with van der Waals surface area (Å²) in [5, 5.41) is 3.05. The van der Waals surface area contributed by atoms with Gasteiger partial charge in [0.15, 0.2) is 0 Å². The van der Waals surface area contributed by atoms with Crippen molar-refractivity contribution in [2.45, 2.75) is 77.5 Å². The van der Waals surface area contributed by atoms with Crippen LogP contribution in [0.15, 0.2) is 0 Å². The van der Waals surface area contributed by atoms with Gasteiger partial charge >= 0.3 is 0 Å². The van der Waals surface area contributed by atoms with Crippen LogP contribution in [0, 0.1) is 5.41 Å². The molecule has 3 unspecified atom stereocenters. The van der Waals surface area contributed by atoms with Gasteiger partial charge in [-0.2, -0.15) is 0 Å². The van der Waals surface area contributed by atoms with E-state index in [1.165, 1.54) is 25.8 Å². The number of nitrogens with zero attached hydrogens (tertiary/aromatic N) is 1. The zero-order valence-corrected chi connectivity index (χ0v) is 15.4. The van der Waals surface area contributed by atoms with Gasteiger partial charge in [-0.25, -0.2) is 0 Å². The number of nitrogens with two attached hydrogens (primary N) is 1. The molecule has 134 valence electrons. The van der Waals surface area contributed by atoms with Crippen molar-refractivity contribution in [3.05, 3.63) is 0 Å². The number of hydrogen-bond acceptors (Lipinski definition) is 4. The van der Waals surface area contributed by atoms with E-state index in [0.29, 0.717) is 25.6 Å². The number of rotatable bonds is 7. The van der Waals surface area contributed by atoms with E-state index >= 15 is 0 Å². The molecule has 2 rings (SSSR count). The summed E-state index contributed by atoms with van der Waals surface area (Å²) in [7, 11) is 0. The van der Waals surface area contributed by atoms with Gasteiger partial charge in [0.2, 0.25) is 5.91 Å². The minimum absolute atomic E-state index is 0.0230. The van der Waals surface area contributed by atoms with E-state index < -0.39 is 5.54 Å². The number of carbonyl (C=O) groups is 1. The molecule has 5 nitrogen and oxygen atoms in total. The lowest BCUT2D eigenvalue weighted by Gasteiger charge is -2.57. The van der Waals surface area contributed by atoms with Crippen LogP contribution in [0.2, 0.25) is 0 Å². The van der Waals surface area contributed by atoms with Crippen LogP contribution in [-0.4, -0.2) is 54.7 Å². The quantitative estimate of drug-likeness (QED) is 0.702. The third kappa shape index (κ3) is 3.72. The third-order valence-electron chi connectivity index (χ3n) is 6.08. The van der Waals surface area contributed by atoms with Crippen molar-refractivity contribution in [2.24, 2.45) is 11.1 Å². The topological polar surface area (TPSA) is 67.6 Å². The van der Waals surface area contributed by atoms with Crippen molar-refractivity contribution in [2.75, 3.05) is 26.2 Å². The summed E-state index contributed by atoms with van der Waals surface area (Å²) in [6.07, 6.45) is 5.63. The maximum atomic E-state index is 12.5. The molecule has 0 radical (unpaired) electrons. The Balaban J connectivity index is 1.72. The van der Waals surface area contributed by atoms with Gasteiger partial charge in [-0.05, 0) is 39.7 Å². The molecule has 0 spiro atoms. The van der Waals surface area contributed by atoms with Crippen LogP contribution in [0.25, 0.3) is 0 Å². The van der Waals surface area contributed by atoms with E-state index in [9.17, 15) is 4.79 Å². The molecule has 0 bridgehead atoms. The standard InChI is InChI=1S/C18H35N3O2/c1-5-23-15-13-18(19,17(15,3)4)16(22)20-10-8-12-21-11-7-6-9-14(21)2/h14-15H,5-13,19H2,1-4H3,(H,20,22). The SMILES string of the molecule is CCOC1CC(N)(C(=O)NCCCN2CCCCC2C)C1(C)C. The van der Waals surface area contributed by atoms with Gasteiger partial charge in [-0.15, -0.1) is 0 Å². The van der Waals surface area contributed by atoms with Crippen LogP contribution in [0.5, 0.6) is 0 Å². The van der Waals surface area contributed by atoms with Crippen LogP contribution >= 0.6 is 0 Å². The van der Waals surface area contributed by atoms with E-state index in [1.54, 1.807) is 0 Å². The Labute approximate surface area is 141 Å². The summed E-state index contributed by atoms with van der Waals surface area (Å²) in [6.45, 7) is 12.0. The highest BCUT2D eigenvalue weighted by Crippen LogP contribution is 2.49. The lowest BCUT2D eigenvalue weighted by Crippen LogP contribution is -2.75. The Morgan fingerprint density at radius 2 is 2.13 bits per heavy atom. The second-order valence-electron chi connectivity index (χ2n) is 7.83. The molecule has 23 heavy (non-hydrogen) atoms. The average molecular weight is 325 g/mol. The number of likely N-dealkylation sites (tertiary alicyclic amines) is 1. The van der Waals surface area contributed by atoms with Crippen molar-refractivity contribution in [1.82, 2.24) is 10.2 Å². The van der Waals surface area contributed by atoms with Gasteiger partial charge in [-0.1, -0.05) is 20.3 Å². The van der Waals surface area contributed by atoms with E-state index in [2.05, 4.69) is 17.1 Å². The van der Waals surface area contributed by atoms with Gasteiger partial charge in [0, 0.05) is 37.6 Å². The molecule has 1 aliphatic heterocycles. The normalized spacial score (nSPS) is 34.0. The Morgan fingerprint density at radius 3 is 2.74 bits per heavy atom. The number of hydrogen-bond donors (Lipinski definition) is 2. The maximum Gasteiger partial charge on any atom is 0.240 e. The lowest BCUT2D eigenvalue weighted by atomic mass is 9.54. The molecule has 0 aromatic rings. The minimum Gasteiger partial charge on any atom is -0.378 e. The van der Waals surface area contributed by atoms with Gasteiger partial charge in [-0.3, -0.25) is 4.79 Å². The first-order chi connectivity index (χ1) is 10.8. The summed E-state index contributed by atoms with van der Waals surface area (Å²) in [5.41, 5.74) is 5.28. The minimum atomic E-state index is -0.800. The van der Waals surface area contributed by atoms with Crippen LogP contribution in [0.4, 0.5) is 0 Å². The smallest absolute Gasteiger partial charge is 0.240 e. The van der Waals surface area contributed by atoms with Gasteiger partial charge < -0.3 is 20.7 Å². The fraction of sp³-hybridized carbons (Fsp3) is 0.944. The molecule has 1 saturated carbocycles. The molecule has 2 aliphatic rings. The van der Waals surface area contributed by atoms with Gasteiger partial charge in [0.1, 0.15) is 5.54 Å². The van der Waals surface area contributed by atoms with E-state index in [4.69, 9.17) is 10.5 Å². The predicted molar refractivity (Wildman–Crippen MR) is 93.2 cm³/mol. The molecule has 2 fully saturated rings. The fourth-order valence-corrected chi connectivity index (χ4v) is 3.95. The van der Waals surface area contributed by atoms with Crippen LogP contribution in [0.3, 0.4) is 0 Å². The fourth-order valence-electron chi connectivity index (χ4n) is 3.95. The second kappa shape index (κ2) is 7.49. The monoisotopic (exact) mass is 325 g/mol. The molecule has 1 saturated heterocycles. The Hall–Kier alpha value is -0.650. The first-order valence-corrected chi connectivity index (χ1v) is 9.25. The zero-order valence-electron chi connectivity index (χ0n) is 15.4. The average Bonchev–Trinajstić information content (AvgIpc) is 2.52. The molecule has 1 heterocycles. The summed E-state index contributed by atoms with van der Waals surface area (Å²) >= 11 is 0. The predicted octanol–water partition coefficient (Wildman–Crippen LogP) is 1.90. The number of piperidine rings is 1. The molecule has 0 aromatic carbocycles. The van der Waals surface area contributed by atoms with Gasteiger partial charge in [0.25, 0.3) is 0 Å². The summed E-state index contributed by atoms with van der Waals surface area (Å²) < 4.78 is 5.69. The summed E-state index contributed by atoms with van der Waals surface area (Å²) in [6, 6.07) is 0.679. The molecule has 5 heteroatoms. The molecular formula is C18H35N3O2. The zero-order chi connectivity index (χ0) is 17.1. The second-order valence-corrected chi connectivity index (χ2v) is 7.83. The number of amides is 1. The molecule has 1 aliphatic carbocycles. The molecule has 0 aromatic heterocycles. The molecule has 3 N–H and O–H groups in total. The highest BCUT2D eigenvalue weighted by atomic mass is 16.5. The summed E-state index contributed by atoms with van der Waals surface area (Å²) in [5.74, 6) is -0.0230. The van der Waals surface area contributed by atoms with Crippen molar-refractivity contribution in [1.29, 1.82) is 0 Å². The highest BCUT2D eigenvalue weighted by molar-refractivity contribution is 5.88. The first-order valence-electron chi connectivity index (χ1n) is 9.25. The van der Waals surface area contributed by atoms with Crippen molar-refractivity contribution >= 4 is 5.91 Å². The number of nitrogens with one attached hydrogen (secondary N) is 1. The van der Waals surface area contributed by atoms with E-state index in [0.717, 1.165) is 13.0 Å². The molecule has 1 amide bonds. The first kappa shape index (κ1) is 18.7.